The SMILES string of the molecule is COc1ccccc1C(O)(c1ccccc1OC)[C@@H](CC(C)C)NC(=O)C1(C(=O)N[C@H](CC(C)C)C(O)(c2ccccc2OC)c2ccccc2OC)CC1. The van der Waals surface area contributed by atoms with Crippen LogP contribution in [0.5, 0.6) is 23.0 Å². The van der Waals surface area contributed by atoms with Gasteiger partial charge in [0.05, 0.1) is 40.5 Å². The van der Waals surface area contributed by atoms with Gasteiger partial charge in [0.15, 0.2) is 0 Å². The zero-order valence-corrected chi connectivity index (χ0v) is 33.2. The van der Waals surface area contributed by atoms with E-state index in [-0.39, 0.29) is 24.7 Å². The lowest BCUT2D eigenvalue weighted by Crippen LogP contribution is -2.58. The van der Waals surface area contributed by atoms with E-state index in [4.69, 9.17) is 18.9 Å². The maximum atomic E-state index is 14.7. The summed E-state index contributed by atoms with van der Waals surface area (Å²) in [5.41, 5.74) is -3.35. The Morgan fingerprint density at radius 2 is 0.800 bits per heavy atom. The Bertz CT molecular complexity index is 1710. The molecule has 4 aromatic carbocycles. The molecule has 0 radical (unpaired) electrons. The second-order valence-electron chi connectivity index (χ2n) is 15.2. The number of ether oxygens (including phenoxy) is 4. The van der Waals surface area contributed by atoms with Gasteiger partial charge in [-0.15, -0.1) is 0 Å². The molecule has 0 bridgehead atoms. The van der Waals surface area contributed by atoms with Crippen LogP contribution in [-0.2, 0) is 20.8 Å². The minimum atomic E-state index is -1.83. The molecule has 1 aliphatic carbocycles. The number of para-hydroxylation sites is 4. The number of carbonyl (C=O) groups is 2. The monoisotopic (exact) mass is 752 g/mol. The lowest BCUT2D eigenvalue weighted by Gasteiger charge is -2.41. The molecule has 10 heteroatoms. The number of methoxy groups -OCH3 is 4. The lowest BCUT2D eigenvalue weighted by atomic mass is 9.75. The molecule has 0 unspecified atom stereocenters. The van der Waals surface area contributed by atoms with E-state index in [1.165, 1.54) is 28.4 Å². The molecular formula is C45H56N2O8. The van der Waals surface area contributed by atoms with Crippen molar-refractivity contribution in [2.75, 3.05) is 28.4 Å². The zero-order chi connectivity index (χ0) is 40.0. The normalized spacial score (nSPS) is 14.8. The average Bonchev–Trinajstić information content (AvgIpc) is 4.02. The molecule has 294 valence electrons. The molecule has 1 saturated carbocycles. The van der Waals surface area contributed by atoms with Gasteiger partial charge in [-0.3, -0.25) is 9.59 Å². The second kappa shape index (κ2) is 17.2. The van der Waals surface area contributed by atoms with Crippen LogP contribution in [0.4, 0.5) is 0 Å². The lowest BCUT2D eigenvalue weighted by molar-refractivity contribution is -0.140. The molecule has 1 aliphatic rings. The second-order valence-corrected chi connectivity index (χ2v) is 15.2. The molecule has 4 aromatic rings. The fourth-order valence-electron chi connectivity index (χ4n) is 7.76. The van der Waals surface area contributed by atoms with Gasteiger partial charge in [0.2, 0.25) is 11.8 Å². The summed E-state index contributed by atoms with van der Waals surface area (Å²) in [5.74, 6) is 0.750. The third-order valence-electron chi connectivity index (χ3n) is 10.7. The molecular weight excluding hydrogens is 697 g/mol. The van der Waals surface area contributed by atoms with Crippen LogP contribution in [0.2, 0.25) is 0 Å². The number of benzene rings is 4. The van der Waals surface area contributed by atoms with Crippen LogP contribution < -0.4 is 29.6 Å². The van der Waals surface area contributed by atoms with Gasteiger partial charge in [-0.2, -0.15) is 0 Å². The van der Waals surface area contributed by atoms with Crippen molar-refractivity contribution < 1.29 is 38.7 Å². The van der Waals surface area contributed by atoms with Gasteiger partial charge in [0, 0.05) is 22.3 Å². The van der Waals surface area contributed by atoms with Gasteiger partial charge in [0.25, 0.3) is 0 Å². The van der Waals surface area contributed by atoms with Gasteiger partial charge in [-0.25, -0.2) is 0 Å². The highest BCUT2D eigenvalue weighted by Crippen LogP contribution is 2.50. The maximum Gasteiger partial charge on any atom is 0.236 e. The van der Waals surface area contributed by atoms with Crippen LogP contribution >= 0.6 is 0 Å². The molecule has 0 heterocycles. The maximum absolute atomic E-state index is 14.7. The number of hydrogen-bond acceptors (Lipinski definition) is 8. The van der Waals surface area contributed by atoms with E-state index in [0.717, 1.165) is 0 Å². The topological polar surface area (TPSA) is 136 Å². The Morgan fingerprint density at radius 1 is 0.545 bits per heavy atom. The minimum Gasteiger partial charge on any atom is -0.496 e. The number of amides is 2. The van der Waals surface area contributed by atoms with Gasteiger partial charge in [-0.1, -0.05) is 100 Å². The molecule has 0 aromatic heterocycles. The van der Waals surface area contributed by atoms with E-state index in [1.54, 1.807) is 48.5 Å². The van der Waals surface area contributed by atoms with Gasteiger partial charge in [0.1, 0.15) is 39.6 Å². The molecule has 1 fully saturated rings. The Hall–Kier alpha value is -5.06. The summed E-state index contributed by atoms with van der Waals surface area (Å²) < 4.78 is 23.0. The van der Waals surface area contributed by atoms with Crippen molar-refractivity contribution in [3.05, 3.63) is 119 Å². The Labute approximate surface area is 325 Å². The van der Waals surface area contributed by atoms with Crippen molar-refractivity contribution in [2.24, 2.45) is 17.3 Å². The van der Waals surface area contributed by atoms with E-state index in [9.17, 15) is 19.8 Å². The predicted octanol–water partition coefficient (Wildman–Crippen LogP) is 6.74. The zero-order valence-electron chi connectivity index (χ0n) is 33.2. The number of nitrogens with one attached hydrogen (secondary N) is 2. The van der Waals surface area contributed by atoms with E-state index < -0.39 is 40.5 Å². The smallest absolute Gasteiger partial charge is 0.236 e. The van der Waals surface area contributed by atoms with E-state index in [0.29, 0.717) is 58.1 Å². The van der Waals surface area contributed by atoms with Crippen LogP contribution in [0.15, 0.2) is 97.1 Å². The molecule has 0 aliphatic heterocycles. The highest BCUT2D eigenvalue weighted by atomic mass is 16.5. The fourth-order valence-corrected chi connectivity index (χ4v) is 7.76. The quantitative estimate of drug-likeness (QED) is 0.0822. The van der Waals surface area contributed by atoms with Crippen molar-refractivity contribution >= 4 is 11.8 Å². The first-order chi connectivity index (χ1) is 26.3. The molecule has 4 N–H and O–H groups in total. The van der Waals surface area contributed by atoms with Crippen molar-refractivity contribution in [1.82, 2.24) is 10.6 Å². The number of hydrogen-bond donors (Lipinski definition) is 4. The average molecular weight is 753 g/mol. The standard InChI is InChI=1S/C45H56N2O8/c1-29(2)27-39(44(50,31-17-9-13-21-35(31)52-5)32-18-10-14-22-36(32)53-6)46-41(48)43(25-26-43)42(49)47-40(28-30(3)4)45(51,33-19-11-15-23-37(33)54-7)34-20-12-16-24-38(34)55-8/h9-24,29-30,39-40,50-51H,25-28H2,1-8H3,(H,46,48)(H,47,49)/t39-,40-/m1/s1. The summed E-state index contributed by atoms with van der Waals surface area (Å²) in [6.07, 6.45) is 1.29. The highest BCUT2D eigenvalue weighted by molar-refractivity contribution is 6.08. The van der Waals surface area contributed by atoms with Crippen LogP contribution in [0.3, 0.4) is 0 Å². The van der Waals surface area contributed by atoms with Crippen LogP contribution in [0, 0.1) is 17.3 Å². The largest absolute Gasteiger partial charge is 0.496 e. The van der Waals surface area contributed by atoms with Crippen molar-refractivity contribution in [3.8, 4) is 23.0 Å². The van der Waals surface area contributed by atoms with Crippen LogP contribution in [0.1, 0.15) is 75.6 Å². The summed E-state index contributed by atoms with van der Waals surface area (Å²) in [4.78, 5) is 29.5. The Morgan fingerprint density at radius 3 is 1.02 bits per heavy atom. The molecule has 2 atom stereocenters. The molecule has 2 amide bonds. The molecule has 10 nitrogen and oxygen atoms in total. The number of aliphatic hydroxyl groups is 2. The summed E-state index contributed by atoms with van der Waals surface area (Å²) in [6.45, 7) is 8.04. The first-order valence-corrected chi connectivity index (χ1v) is 18.9. The predicted molar refractivity (Wildman–Crippen MR) is 212 cm³/mol. The highest BCUT2D eigenvalue weighted by Gasteiger charge is 2.59. The first-order valence-electron chi connectivity index (χ1n) is 18.9. The van der Waals surface area contributed by atoms with Gasteiger partial charge < -0.3 is 39.8 Å². The fraction of sp³-hybridized carbons (Fsp3) is 0.422. The molecule has 0 spiro atoms. The van der Waals surface area contributed by atoms with E-state index in [2.05, 4.69) is 10.6 Å². The summed E-state index contributed by atoms with van der Waals surface area (Å²) in [6, 6.07) is 26.8. The molecule has 5 rings (SSSR count). The van der Waals surface area contributed by atoms with Crippen LogP contribution in [0.25, 0.3) is 0 Å². The summed E-state index contributed by atoms with van der Waals surface area (Å²) >= 11 is 0. The third-order valence-corrected chi connectivity index (χ3v) is 10.7. The number of carbonyl (C=O) groups excluding carboxylic acids is 2. The Kier molecular flexibility index (Phi) is 12.8. The van der Waals surface area contributed by atoms with Gasteiger partial charge in [-0.05, 0) is 61.8 Å². The van der Waals surface area contributed by atoms with Gasteiger partial charge >= 0.3 is 0 Å². The number of rotatable bonds is 18. The van der Waals surface area contributed by atoms with E-state index >= 15 is 0 Å². The Balaban J connectivity index is 1.59. The molecule has 55 heavy (non-hydrogen) atoms. The van der Waals surface area contributed by atoms with Crippen molar-refractivity contribution in [1.29, 1.82) is 0 Å². The van der Waals surface area contributed by atoms with E-state index in [1.807, 2.05) is 76.2 Å². The summed E-state index contributed by atoms with van der Waals surface area (Å²) in [7, 11) is 6.13. The molecule has 0 saturated heterocycles. The summed E-state index contributed by atoms with van der Waals surface area (Å²) in [5, 5.41) is 32.6. The van der Waals surface area contributed by atoms with Crippen molar-refractivity contribution in [2.45, 2.75) is 76.7 Å². The first kappa shape index (κ1) is 41.1. The minimum absolute atomic E-state index is 0.0253. The van der Waals surface area contributed by atoms with Crippen molar-refractivity contribution in [3.63, 3.8) is 0 Å². The third kappa shape index (κ3) is 8.02. The van der Waals surface area contributed by atoms with Crippen LogP contribution in [-0.4, -0.2) is 62.6 Å².